The van der Waals surface area contributed by atoms with Gasteiger partial charge >= 0.3 is 0 Å². The number of ether oxygens (including phenoxy) is 10. The summed E-state index contributed by atoms with van der Waals surface area (Å²) in [5, 5.41) is 8.96. The molecule has 4 rings (SSSR count). The van der Waals surface area contributed by atoms with Gasteiger partial charge < -0.3 is 47.4 Å². The molecule has 12 nitrogen and oxygen atoms in total. The first-order valence-corrected chi connectivity index (χ1v) is 18.3. The van der Waals surface area contributed by atoms with Gasteiger partial charge in [-0.15, -0.1) is 6.07 Å². The first-order chi connectivity index (χ1) is 24.7. The van der Waals surface area contributed by atoms with Crippen molar-refractivity contribution in [1.82, 2.24) is 0 Å². The molecule has 2 aliphatic heterocycles. The third-order valence-corrected chi connectivity index (χ3v) is 7.97. The number of azo groups is 1. The van der Waals surface area contributed by atoms with Gasteiger partial charge in [-0.3, -0.25) is 0 Å². The van der Waals surface area contributed by atoms with Crippen molar-refractivity contribution in [2.24, 2.45) is 31.9 Å². The molecular weight excluding hydrogens is 764 g/mol. The Morgan fingerprint density at radius 2 is 0.868 bits per heavy atom. The van der Waals surface area contributed by atoms with Crippen LogP contribution in [0, 0.1) is 27.7 Å². The fourth-order valence-corrected chi connectivity index (χ4v) is 5.11. The van der Waals surface area contributed by atoms with Crippen LogP contribution in [0.1, 0.15) is 55.4 Å². The van der Waals surface area contributed by atoms with Crippen LogP contribution in [0.4, 0.5) is 11.4 Å². The van der Waals surface area contributed by atoms with E-state index in [9.17, 15) is 0 Å². The van der Waals surface area contributed by atoms with Crippen LogP contribution < -0.4 is 18.9 Å². The maximum absolute atomic E-state index is 6.27. The van der Waals surface area contributed by atoms with Gasteiger partial charge in [0.1, 0.15) is 13.2 Å². The molecule has 53 heavy (non-hydrogen) atoms. The van der Waals surface area contributed by atoms with Crippen molar-refractivity contribution in [3.05, 3.63) is 36.4 Å². The van der Waals surface area contributed by atoms with Crippen molar-refractivity contribution in [1.29, 1.82) is 0 Å². The Morgan fingerprint density at radius 3 is 1.42 bits per heavy atom. The van der Waals surface area contributed by atoms with Crippen LogP contribution in [0.2, 0.25) is 0 Å². The summed E-state index contributed by atoms with van der Waals surface area (Å²) in [6.45, 7) is 24.7. The van der Waals surface area contributed by atoms with E-state index in [-0.39, 0.29) is 42.7 Å². The normalized spacial score (nSPS) is 22.4. The zero-order valence-electron chi connectivity index (χ0n) is 33.1. The molecule has 0 bridgehead atoms. The van der Waals surface area contributed by atoms with Crippen LogP contribution in [0.3, 0.4) is 0 Å². The van der Waals surface area contributed by atoms with Crippen LogP contribution in [0.15, 0.2) is 40.6 Å². The largest absolute Gasteiger partial charge is 0.547 e. The first kappa shape index (κ1) is 45.1. The van der Waals surface area contributed by atoms with Gasteiger partial charge in [0.25, 0.3) is 0 Å². The minimum atomic E-state index is -0.242. The van der Waals surface area contributed by atoms with Crippen molar-refractivity contribution in [2.45, 2.75) is 55.4 Å². The number of hydrogen-bond acceptors (Lipinski definition) is 12. The monoisotopic (exact) mass is 827 g/mol. The molecule has 0 saturated heterocycles. The van der Waals surface area contributed by atoms with Crippen LogP contribution in [-0.2, 0) is 49.5 Å². The van der Waals surface area contributed by atoms with Crippen LogP contribution in [0.25, 0.3) is 0 Å². The second-order valence-electron chi connectivity index (χ2n) is 16.6. The van der Waals surface area contributed by atoms with Gasteiger partial charge in [-0.25, -0.2) is 0 Å². The Morgan fingerprint density at radius 1 is 0.434 bits per heavy atom. The van der Waals surface area contributed by atoms with Crippen molar-refractivity contribution >= 4 is 11.4 Å². The fourth-order valence-electron chi connectivity index (χ4n) is 5.11. The molecule has 0 aliphatic carbocycles. The smallest absolute Gasteiger partial charge is 0.163 e. The molecule has 0 saturated carbocycles. The van der Waals surface area contributed by atoms with Gasteiger partial charge in [-0.05, 0) is 17.8 Å². The Hall–Kier alpha value is -2.31. The van der Waals surface area contributed by atoms with Crippen molar-refractivity contribution in [2.75, 3.05) is 106 Å². The van der Waals surface area contributed by atoms with E-state index in [2.05, 4.69) is 71.7 Å². The van der Waals surface area contributed by atoms with E-state index in [1.807, 2.05) is 12.1 Å². The van der Waals surface area contributed by atoms with E-state index in [0.717, 1.165) is 0 Å². The molecule has 0 amide bonds. The minimum Gasteiger partial charge on any atom is -0.547 e. The molecule has 0 spiro atoms. The Kier molecular flexibility index (Phi) is 18.5. The average molecular weight is 826 g/mol. The van der Waals surface area contributed by atoms with Crippen LogP contribution >= 0.6 is 0 Å². The van der Waals surface area contributed by atoms with Crippen molar-refractivity contribution in [3.8, 4) is 23.0 Å². The van der Waals surface area contributed by atoms with E-state index in [4.69, 9.17) is 47.4 Å². The number of hydrogen-bond donors (Lipinski definition) is 0. The molecule has 0 radical (unpaired) electrons. The minimum absolute atomic E-state index is 0. The second-order valence-corrected chi connectivity index (χ2v) is 16.6. The predicted molar refractivity (Wildman–Crippen MR) is 198 cm³/mol. The van der Waals surface area contributed by atoms with Crippen molar-refractivity contribution < 1.29 is 68.4 Å². The molecule has 2 aromatic rings. The molecule has 0 fully saturated rings. The molecule has 0 aromatic heterocycles. The summed E-state index contributed by atoms with van der Waals surface area (Å²) >= 11 is 0. The molecule has 2 heterocycles. The molecule has 0 atom stereocenters. The van der Waals surface area contributed by atoms with Crippen LogP contribution in [-0.4, -0.2) is 106 Å². The molecule has 2 aromatic carbocycles. The van der Waals surface area contributed by atoms with Gasteiger partial charge in [0.2, 0.25) is 0 Å². The standard InChI is InChI=1S/C40H61N2O10.Mo/c1-37(2)23-45-15-13-43-17-19-49-35-21-31(9-11-33(35)51-29-39(5,6)27-47-25-37)41-42-32-10-12-34-36(22-32)50-20-18-44-14-16-46-24-38(3,4)26-48-28-40(7,8)30-52-34;/h9,11-12,21-22H,13-20,23-30H2,1-8H3;/q-1;. The van der Waals surface area contributed by atoms with Crippen molar-refractivity contribution in [3.63, 3.8) is 0 Å². The maximum Gasteiger partial charge on any atom is 0.163 e. The first-order valence-electron chi connectivity index (χ1n) is 18.3. The van der Waals surface area contributed by atoms with Gasteiger partial charge in [0, 0.05) is 54.5 Å². The molecular formula is C40H61MoN2O10-. The third kappa shape index (κ3) is 17.4. The fraction of sp³-hybridized carbons (Fsp3) is 0.700. The topological polar surface area (TPSA) is 117 Å². The van der Waals surface area contributed by atoms with Gasteiger partial charge in [0.15, 0.2) is 11.5 Å². The second kappa shape index (κ2) is 21.7. The Balaban J connectivity index is 0.00000756. The number of benzene rings is 2. The zero-order valence-corrected chi connectivity index (χ0v) is 35.1. The van der Waals surface area contributed by atoms with E-state index in [1.54, 1.807) is 18.2 Å². The summed E-state index contributed by atoms with van der Waals surface area (Å²) in [5.41, 5.74) is 0.380. The molecule has 0 N–H and O–H groups in total. The quantitative estimate of drug-likeness (QED) is 0.170. The van der Waals surface area contributed by atoms with Crippen LogP contribution in [0.5, 0.6) is 23.0 Å². The summed E-state index contributed by atoms with van der Waals surface area (Å²) in [7, 11) is 0. The van der Waals surface area contributed by atoms with Gasteiger partial charge in [0.05, 0.1) is 104 Å². The van der Waals surface area contributed by atoms with E-state index in [0.29, 0.717) is 140 Å². The summed E-state index contributed by atoms with van der Waals surface area (Å²) in [6, 6.07) is 12.2. The SMILES string of the molecule is CC1(C)COCCOCCOc2cc(N=Nc3ccc4c(c3)OCCOCCOCC(C)(C)COCC(C)(C)CO4)[c-]cc2OCC(C)(C)COC1.[Mo]. The Bertz CT molecular complexity index is 1300. The number of rotatable bonds is 2. The molecule has 2 aliphatic rings. The van der Waals surface area contributed by atoms with E-state index >= 15 is 0 Å². The summed E-state index contributed by atoms with van der Waals surface area (Å²) in [4.78, 5) is 0. The zero-order chi connectivity index (χ0) is 37.5. The average Bonchev–Trinajstić information content (AvgIpc) is 3.07. The molecule has 0 unspecified atom stereocenters. The predicted octanol–water partition coefficient (Wildman–Crippen LogP) is 7.65. The molecule has 298 valence electrons. The Labute approximate surface area is 331 Å². The van der Waals surface area contributed by atoms with Gasteiger partial charge in [-0.2, -0.15) is 16.3 Å². The third-order valence-electron chi connectivity index (χ3n) is 7.97. The summed E-state index contributed by atoms with van der Waals surface area (Å²) in [6.07, 6.45) is 0. The van der Waals surface area contributed by atoms with E-state index < -0.39 is 0 Å². The summed E-state index contributed by atoms with van der Waals surface area (Å²) < 4.78 is 60.1. The van der Waals surface area contributed by atoms with E-state index in [1.165, 1.54) is 0 Å². The number of nitrogens with zero attached hydrogens (tertiary/aromatic N) is 2. The summed E-state index contributed by atoms with van der Waals surface area (Å²) in [5.74, 6) is 2.24. The molecule has 13 heteroatoms. The number of fused-ring (bicyclic) bond motifs is 2. The maximum atomic E-state index is 6.27. The van der Waals surface area contributed by atoms with Gasteiger partial charge in [-0.1, -0.05) is 61.5 Å².